The molecule has 1 aliphatic heterocycles. The van der Waals surface area contributed by atoms with Crippen molar-refractivity contribution in [2.45, 2.75) is 25.8 Å². The summed E-state index contributed by atoms with van der Waals surface area (Å²) in [7, 11) is 3.98. The smallest absolute Gasteiger partial charge is 0.123 e. The van der Waals surface area contributed by atoms with Crippen LogP contribution in [0.3, 0.4) is 0 Å². The number of rotatable bonds is 5. The lowest BCUT2D eigenvalue weighted by atomic mass is 9.84. The monoisotopic (exact) mass is 340 g/mol. The summed E-state index contributed by atoms with van der Waals surface area (Å²) in [5.74, 6) is 1.63. The van der Waals surface area contributed by atoms with E-state index >= 15 is 0 Å². The van der Waals surface area contributed by atoms with E-state index < -0.39 is 0 Å². The molecule has 0 aromatic heterocycles. The van der Waals surface area contributed by atoms with Crippen LogP contribution in [0.25, 0.3) is 0 Å². The van der Waals surface area contributed by atoms with Gasteiger partial charge in [0, 0.05) is 16.1 Å². The molecule has 0 bridgehead atoms. The molecule has 1 aromatic rings. The van der Waals surface area contributed by atoms with Gasteiger partial charge in [-0.05, 0) is 63.6 Å². The molecule has 1 heterocycles. The van der Waals surface area contributed by atoms with E-state index in [0.717, 1.165) is 29.9 Å². The largest absolute Gasteiger partial charge is 0.496 e. The van der Waals surface area contributed by atoms with Crippen LogP contribution in [-0.2, 0) is 0 Å². The fourth-order valence-corrected chi connectivity index (χ4v) is 3.61. The summed E-state index contributed by atoms with van der Waals surface area (Å²) in [4.78, 5) is 2.47. The van der Waals surface area contributed by atoms with Crippen molar-refractivity contribution in [2.24, 2.45) is 5.92 Å². The minimum absolute atomic E-state index is 0.426. The van der Waals surface area contributed by atoms with Gasteiger partial charge in [0.15, 0.2) is 0 Å². The number of halogens is 1. The number of hydrogen-bond acceptors (Lipinski definition) is 3. The van der Waals surface area contributed by atoms with E-state index in [-0.39, 0.29) is 0 Å². The molecule has 1 N–H and O–H groups in total. The maximum atomic E-state index is 5.59. The molecule has 0 spiro atoms. The molecule has 0 saturated carbocycles. The van der Waals surface area contributed by atoms with Crippen LogP contribution < -0.4 is 10.1 Å². The minimum atomic E-state index is 0.426. The van der Waals surface area contributed by atoms with Gasteiger partial charge in [-0.25, -0.2) is 0 Å². The van der Waals surface area contributed by atoms with Gasteiger partial charge < -0.3 is 10.1 Å². The van der Waals surface area contributed by atoms with E-state index in [9.17, 15) is 0 Å². The van der Waals surface area contributed by atoms with Crippen molar-refractivity contribution in [3.63, 3.8) is 0 Å². The molecule has 2 rings (SSSR count). The zero-order valence-electron chi connectivity index (χ0n) is 12.7. The van der Waals surface area contributed by atoms with Crippen LogP contribution in [0, 0.1) is 5.92 Å². The third kappa shape index (κ3) is 3.54. The number of hydrogen-bond donors (Lipinski definition) is 1. The Morgan fingerprint density at radius 2 is 2.25 bits per heavy atom. The van der Waals surface area contributed by atoms with Crippen LogP contribution >= 0.6 is 15.9 Å². The van der Waals surface area contributed by atoms with E-state index in [1.54, 1.807) is 7.11 Å². The Morgan fingerprint density at radius 3 is 2.95 bits per heavy atom. The summed E-state index contributed by atoms with van der Waals surface area (Å²) < 4.78 is 6.71. The van der Waals surface area contributed by atoms with E-state index in [1.807, 2.05) is 6.07 Å². The van der Waals surface area contributed by atoms with Crippen molar-refractivity contribution >= 4 is 15.9 Å². The van der Waals surface area contributed by atoms with Gasteiger partial charge in [-0.3, -0.25) is 4.90 Å². The molecule has 2 unspecified atom stereocenters. The molecule has 1 fully saturated rings. The minimum Gasteiger partial charge on any atom is -0.496 e. The molecular formula is C16H25BrN2O. The summed E-state index contributed by atoms with van der Waals surface area (Å²) in [6, 6.07) is 6.75. The zero-order chi connectivity index (χ0) is 14.5. The topological polar surface area (TPSA) is 24.5 Å². The summed E-state index contributed by atoms with van der Waals surface area (Å²) in [6.45, 7) is 5.42. The number of benzene rings is 1. The molecule has 1 saturated heterocycles. The Balaban J connectivity index is 2.31. The molecule has 0 aliphatic carbocycles. The Bertz CT molecular complexity index is 438. The molecule has 3 nitrogen and oxygen atoms in total. The average molecular weight is 341 g/mol. The number of ether oxygens (including phenoxy) is 1. The molecule has 1 aromatic carbocycles. The standard InChI is InChI=1S/C16H25BrN2O/c1-4-18-11-12-6-5-9-19(2)16(12)14-10-13(17)7-8-15(14)20-3/h7-8,10,12,16,18H,4-6,9,11H2,1-3H3. The highest BCUT2D eigenvalue weighted by Gasteiger charge is 2.32. The van der Waals surface area contributed by atoms with Crippen LogP contribution in [0.2, 0.25) is 0 Å². The third-order valence-corrected chi connectivity index (χ3v) is 4.67. The number of methoxy groups -OCH3 is 1. The van der Waals surface area contributed by atoms with Crippen LogP contribution in [0.5, 0.6) is 5.75 Å². The second-order valence-electron chi connectivity index (χ2n) is 5.52. The van der Waals surface area contributed by atoms with Crippen molar-refractivity contribution in [1.29, 1.82) is 0 Å². The van der Waals surface area contributed by atoms with E-state index in [1.165, 1.54) is 18.4 Å². The van der Waals surface area contributed by atoms with Crippen LogP contribution in [0.1, 0.15) is 31.4 Å². The van der Waals surface area contributed by atoms with Crippen molar-refractivity contribution < 1.29 is 4.74 Å². The van der Waals surface area contributed by atoms with E-state index in [0.29, 0.717) is 12.0 Å². The van der Waals surface area contributed by atoms with Crippen molar-refractivity contribution in [2.75, 3.05) is 33.8 Å². The lowest BCUT2D eigenvalue weighted by molar-refractivity contribution is 0.117. The first-order valence-electron chi connectivity index (χ1n) is 7.41. The average Bonchev–Trinajstić information content (AvgIpc) is 2.45. The first-order valence-corrected chi connectivity index (χ1v) is 8.21. The van der Waals surface area contributed by atoms with Crippen molar-refractivity contribution in [3.8, 4) is 5.75 Å². The maximum absolute atomic E-state index is 5.59. The fourth-order valence-electron chi connectivity index (χ4n) is 3.23. The second kappa shape index (κ2) is 7.43. The molecule has 2 atom stereocenters. The lowest BCUT2D eigenvalue weighted by Gasteiger charge is -2.40. The predicted octanol–water partition coefficient (Wildman–Crippen LogP) is 3.45. The van der Waals surface area contributed by atoms with Gasteiger partial charge in [-0.2, -0.15) is 0 Å². The second-order valence-corrected chi connectivity index (χ2v) is 6.44. The normalized spacial score (nSPS) is 23.8. The van der Waals surface area contributed by atoms with Gasteiger partial charge in [-0.15, -0.1) is 0 Å². The van der Waals surface area contributed by atoms with Gasteiger partial charge >= 0.3 is 0 Å². The highest BCUT2D eigenvalue weighted by molar-refractivity contribution is 9.10. The Labute approximate surface area is 130 Å². The fraction of sp³-hybridized carbons (Fsp3) is 0.625. The van der Waals surface area contributed by atoms with Gasteiger partial charge in [0.25, 0.3) is 0 Å². The third-order valence-electron chi connectivity index (χ3n) is 4.17. The Hall–Kier alpha value is -0.580. The molecular weight excluding hydrogens is 316 g/mol. The number of nitrogens with zero attached hydrogens (tertiary/aromatic N) is 1. The molecule has 112 valence electrons. The molecule has 0 radical (unpaired) electrons. The highest BCUT2D eigenvalue weighted by atomic mass is 79.9. The first kappa shape index (κ1) is 15.8. The van der Waals surface area contributed by atoms with Crippen LogP contribution in [0.4, 0.5) is 0 Å². The van der Waals surface area contributed by atoms with Crippen LogP contribution in [0.15, 0.2) is 22.7 Å². The summed E-state index contributed by atoms with van der Waals surface area (Å²) in [5.41, 5.74) is 1.30. The van der Waals surface area contributed by atoms with Crippen molar-refractivity contribution in [1.82, 2.24) is 10.2 Å². The van der Waals surface area contributed by atoms with Crippen molar-refractivity contribution in [3.05, 3.63) is 28.2 Å². The molecule has 20 heavy (non-hydrogen) atoms. The summed E-state index contributed by atoms with van der Waals surface area (Å²) >= 11 is 3.59. The highest BCUT2D eigenvalue weighted by Crippen LogP contribution is 2.40. The first-order chi connectivity index (χ1) is 9.67. The van der Waals surface area contributed by atoms with E-state index in [4.69, 9.17) is 4.74 Å². The van der Waals surface area contributed by atoms with E-state index in [2.05, 4.69) is 52.3 Å². The number of nitrogens with one attached hydrogen (secondary N) is 1. The Morgan fingerprint density at radius 1 is 1.45 bits per heavy atom. The summed E-state index contributed by atoms with van der Waals surface area (Å²) in [5, 5.41) is 3.51. The van der Waals surface area contributed by atoms with Gasteiger partial charge in [0.1, 0.15) is 5.75 Å². The SMILES string of the molecule is CCNCC1CCCN(C)C1c1cc(Br)ccc1OC. The van der Waals surface area contributed by atoms with Gasteiger partial charge in [-0.1, -0.05) is 22.9 Å². The quantitative estimate of drug-likeness (QED) is 0.888. The molecule has 4 heteroatoms. The van der Waals surface area contributed by atoms with Gasteiger partial charge in [0.05, 0.1) is 7.11 Å². The van der Waals surface area contributed by atoms with Crippen LogP contribution in [-0.4, -0.2) is 38.7 Å². The zero-order valence-corrected chi connectivity index (χ0v) is 14.2. The molecule has 1 aliphatic rings. The number of likely N-dealkylation sites (tertiary alicyclic amines) is 1. The summed E-state index contributed by atoms with van der Waals surface area (Å²) in [6.07, 6.45) is 2.55. The Kier molecular flexibility index (Phi) is 5.87. The lowest BCUT2D eigenvalue weighted by Crippen LogP contribution is -2.40. The number of piperidine rings is 1. The predicted molar refractivity (Wildman–Crippen MR) is 87.3 cm³/mol. The molecule has 0 amide bonds. The maximum Gasteiger partial charge on any atom is 0.123 e. The van der Waals surface area contributed by atoms with Gasteiger partial charge in [0.2, 0.25) is 0 Å².